The van der Waals surface area contributed by atoms with Gasteiger partial charge < -0.3 is 15.1 Å². The van der Waals surface area contributed by atoms with Crippen molar-refractivity contribution in [2.24, 2.45) is 0 Å². The van der Waals surface area contributed by atoms with Crippen molar-refractivity contribution in [1.82, 2.24) is 14.7 Å². The molecular weight excluding hydrogens is 304 g/mol. The van der Waals surface area contributed by atoms with Crippen molar-refractivity contribution in [1.29, 1.82) is 0 Å². The molecule has 1 unspecified atom stereocenters. The minimum Gasteiger partial charge on any atom is -0.331 e. The van der Waals surface area contributed by atoms with Crippen molar-refractivity contribution in [3.63, 3.8) is 0 Å². The Kier molecular flexibility index (Phi) is 6.20. The van der Waals surface area contributed by atoms with E-state index in [2.05, 4.69) is 17.1 Å². The lowest BCUT2D eigenvalue weighted by molar-refractivity contribution is -0.121. The minimum absolute atomic E-state index is 0.00775. The molecule has 0 spiro atoms. The Bertz CT molecular complexity index is 563. The van der Waals surface area contributed by atoms with Gasteiger partial charge in [0.05, 0.1) is 6.04 Å². The Balaban J connectivity index is 1.86. The zero-order valence-electron chi connectivity index (χ0n) is 15.1. The van der Waals surface area contributed by atoms with Crippen molar-refractivity contribution < 1.29 is 9.59 Å². The van der Waals surface area contributed by atoms with Crippen LogP contribution >= 0.6 is 0 Å². The predicted octanol–water partition coefficient (Wildman–Crippen LogP) is 1.88. The highest BCUT2D eigenvalue weighted by Gasteiger charge is 2.27. The van der Waals surface area contributed by atoms with Gasteiger partial charge in [0.1, 0.15) is 0 Å². The molecule has 1 N–H and O–H groups in total. The molecular formula is C18H28N4O2. The quantitative estimate of drug-likeness (QED) is 0.916. The van der Waals surface area contributed by atoms with Gasteiger partial charge in [-0.25, -0.2) is 4.79 Å². The van der Waals surface area contributed by atoms with Crippen LogP contribution in [0.3, 0.4) is 0 Å². The van der Waals surface area contributed by atoms with E-state index in [4.69, 9.17) is 0 Å². The first-order valence-corrected chi connectivity index (χ1v) is 8.52. The number of hydrogen-bond acceptors (Lipinski definition) is 3. The molecule has 3 amide bonds. The first-order chi connectivity index (χ1) is 11.4. The van der Waals surface area contributed by atoms with Crippen LogP contribution in [0.25, 0.3) is 0 Å². The van der Waals surface area contributed by atoms with Crippen LogP contribution in [-0.4, -0.2) is 73.0 Å². The van der Waals surface area contributed by atoms with Gasteiger partial charge in [0.15, 0.2) is 0 Å². The number of carbonyl (C=O) groups excluding carboxylic acids is 2. The number of piperazine rings is 1. The number of nitrogens with one attached hydrogen (secondary N) is 1. The molecule has 0 bridgehead atoms. The molecule has 6 nitrogen and oxygen atoms in total. The summed E-state index contributed by atoms with van der Waals surface area (Å²) in [5.74, 6) is -0.00775. The summed E-state index contributed by atoms with van der Waals surface area (Å²) < 4.78 is 0. The number of benzene rings is 1. The molecule has 1 aliphatic rings. The second-order valence-corrected chi connectivity index (χ2v) is 6.42. The molecule has 1 heterocycles. The highest BCUT2D eigenvalue weighted by molar-refractivity contribution is 5.94. The van der Waals surface area contributed by atoms with Gasteiger partial charge in [0.25, 0.3) is 0 Å². The van der Waals surface area contributed by atoms with Gasteiger partial charge in [-0.05, 0) is 31.0 Å². The first-order valence-electron chi connectivity index (χ1n) is 8.52. The van der Waals surface area contributed by atoms with E-state index in [1.54, 1.807) is 19.0 Å². The monoisotopic (exact) mass is 332 g/mol. The number of amides is 3. The summed E-state index contributed by atoms with van der Waals surface area (Å²) in [6, 6.07) is 7.77. The zero-order chi connectivity index (χ0) is 17.7. The molecule has 24 heavy (non-hydrogen) atoms. The van der Waals surface area contributed by atoms with E-state index in [1.807, 2.05) is 36.1 Å². The van der Waals surface area contributed by atoms with E-state index < -0.39 is 0 Å². The van der Waals surface area contributed by atoms with Crippen LogP contribution in [0.2, 0.25) is 0 Å². The summed E-state index contributed by atoms with van der Waals surface area (Å²) in [6.45, 7) is 6.75. The number of nitrogens with zero attached hydrogens (tertiary/aromatic N) is 3. The molecule has 6 heteroatoms. The maximum Gasteiger partial charge on any atom is 0.319 e. The number of aryl methyl sites for hydroxylation is 1. The normalized spacial score (nSPS) is 16.6. The van der Waals surface area contributed by atoms with Crippen LogP contribution in [0.4, 0.5) is 10.5 Å². The molecule has 2 rings (SSSR count). The SMILES string of the molecule is CCc1ccc(NC(=O)C(C)N2CCN(C(=O)N(C)C)CC2)cc1. The summed E-state index contributed by atoms with van der Waals surface area (Å²) >= 11 is 0. The van der Waals surface area contributed by atoms with Crippen LogP contribution < -0.4 is 5.32 Å². The van der Waals surface area contributed by atoms with Crippen LogP contribution in [0.1, 0.15) is 19.4 Å². The van der Waals surface area contributed by atoms with Crippen LogP contribution in [0, 0.1) is 0 Å². The highest BCUT2D eigenvalue weighted by atomic mass is 16.2. The predicted molar refractivity (Wildman–Crippen MR) is 96.1 cm³/mol. The fraction of sp³-hybridized carbons (Fsp3) is 0.556. The van der Waals surface area contributed by atoms with Crippen LogP contribution in [0.15, 0.2) is 24.3 Å². The lowest BCUT2D eigenvalue weighted by Gasteiger charge is -2.38. The van der Waals surface area contributed by atoms with E-state index in [-0.39, 0.29) is 18.0 Å². The third kappa shape index (κ3) is 4.47. The van der Waals surface area contributed by atoms with E-state index in [0.29, 0.717) is 26.2 Å². The first kappa shape index (κ1) is 18.3. The van der Waals surface area contributed by atoms with Gasteiger partial charge in [0.2, 0.25) is 5.91 Å². The molecule has 1 aromatic carbocycles. The summed E-state index contributed by atoms with van der Waals surface area (Å²) in [4.78, 5) is 29.9. The molecule has 1 atom stereocenters. The highest BCUT2D eigenvalue weighted by Crippen LogP contribution is 2.13. The molecule has 0 radical (unpaired) electrons. The topological polar surface area (TPSA) is 55.9 Å². The average Bonchev–Trinajstić information content (AvgIpc) is 2.61. The molecule has 0 aromatic heterocycles. The summed E-state index contributed by atoms with van der Waals surface area (Å²) in [5.41, 5.74) is 2.08. The van der Waals surface area contributed by atoms with E-state index in [0.717, 1.165) is 12.1 Å². The van der Waals surface area contributed by atoms with Crippen LogP contribution in [-0.2, 0) is 11.2 Å². The number of hydrogen-bond donors (Lipinski definition) is 1. The van der Waals surface area contributed by atoms with E-state index in [1.165, 1.54) is 5.56 Å². The summed E-state index contributed by atoms with van der Waals surface area (Å²) in [6.07, 6.45) is 0.987. The minimum atomic E-state index is -0.215. The van der Waals surface area contributed by atoms with Gasteiger partial charge in [0, 0.05) is 46.0 Å². The Morgan fingerprint density at radius 3 is 2.21 bits per heavy atom. The molecule has 1 fully saturated rings. The van der Waals surface area contributed by atoms with Crippen molar-refractivity contribution in [3.05, 3.63) is 29.8 Å². The standard InChI is InChI=1S/C18H28N4O2/c1-5-15-6-8-16(9-7-15)19-17(23)14(2)21-10-12-22(13-11-21)18(24)20(3)4/h6-9,14H,5,10-13H2,1-4H3,(H,19,23). The van der Waals surface area contributed by atoms with Gasteiger partial charge in [-0.15, -0.1) is 0 Å². The molecule has 1 aliphatic heterocycles. The lowest BCUT2D eigenvalue weighted by atomic mass is 10.1. The smallest absolute Gasteiger partial charge is 0.319 e. The fourth-order valence-corrected chi connectivity index (χ4v) is 2.82. The summed E-state index contributed by atoms with van der Waals surface area (Å²) in [7, 11) is 3.52. The Morgan fingerprint density at radius 1 is 1.12 bits per heavy atom. The summed E-state index contributed by atoms with van der Waals surface area (Å²) in [5, 5.41) is 2.97. The number of carbonyl (C=O) groups is 2. The number of urea groups is 1. The van der Waals surface area contributed by atoms with Crippen molar-refractivity contribution >= 4 is 17.6 Å². The lowest BCUT2D eigenvalue weighted by Crippen LogP contribution is -2.55. The third-order valence-electron chi connectivity index (χ3n) is 4.52. The Hall–Kier alpha value is -2.08. The van der Waals surface area contributed by atoms with E-state index >= 15 is 0 Å². The van der Waals surface area contributed by atoms with Gasteiger partial charge in [-0.1, -0.05) is 19.1 Å². The second kappa shape index (κ2) is 8.15. The maximum absolute atomic E-state index is 12.4. The molecule has 1 aromatic rings. The molecule has 1 saturated heterocycles. The molecule has 0 aliphatic carbocycles. The Labute approximate surface area is 144 Å². The largest absolute Gasteiger partial charge is 0.331 e. The van der Waals surface area contributed by atoms with Crippen LogP contribution in [0.5, 0.6) is 0 Å². The van der Waals surface area contributed by atoms with Gasteiger partial charge in [-0.3, -0.25) is 9.69 Å². The van der Waals surface area contributed by atoms with Gasteiger partial charge in [-0.2, -0.15) is 0 Å². The third-order valence-corrected chi connectivity index (χ3v) is 4.52. The number of rotatable bonds is 4. The molecule has 0 saturated carbocycles. The zero-order valence-corrected chi connectivity index (χ0v) is 15.1. The Morgan fingerprint density at radius 2 is 1.71 bits per heavy atom. The van der Waals surface area contributed by atoms with E-state index in [9.17, 15) is 9.59 Å². The molecule has 132 valence electrons. The van der Waals surface area contributed by atoms with Crippen molar-refractivity contribution in [2.75, 3.05) is 45.6 Å². The average molecular weight is 332 g/mol. The number of anilines is 1. The second-order valence-electron chi connectivity index (χ2n) is 6.42. The van der Waals surface area contributed by atoms with Crippen molar-refractivity contribution in [2.45, 2.75) is 26.3 Å². The van der Waals surface area contributed by atoms with Gasteiger partial charge >= 0.3 is 6.03 Å². The fourth-order valence-electron chi connectivity index (χ4n) is 2.82. The maximum atomic E-state index is 12.4. The van der Waals surface area contributed by atoms with Crippen molar-refractivity contribution in [3.8, 4) is 0 Å².